The van der Waals surface area contributed by atoms with Crippen LogP contribution < -0.4 is 16.4 Å². The number of benzene rings is 2. The molecular weight excluding hydrogens is 400 g/mol. The zero-order chi connectivity index (χ0) is 20.1. The number of aryl methyl sites for hydroxylation is 1. The van der Waals surface area contributed by atoms with Crippen LogP contribution in [-0.4, -0.2) is 18.4 Å². The van der Waals surface area contributed by atoms with Crippen molar-refractivity contribution in [3.63, 3.8) is 0 Å². The Bertz CT molecular complexity index is 892. The molecule has 0 heterocycles. The van der Waals surface area contributed by atoms with E-state index >= 15 is 0 Å². The molecule has 0 saturated heterocycles. The molecule has 0 saturated carbocycles. The van der Waals surface area contributed by atoms with Gasteiger partial charge in [-0.1, -0.05) is 6.07 Å². The first-order chi connectivity index (χ1) is 13.4. The molecular formula is C21H24ClF2N3O2. The number of carbonyl (C=O) groups excluding carboxylic acids is 2. The summed E-state index contributed by atoms with van der Waals surface area (Å²) in [5.41, 5.74) is 8.61. The number of nitrogens with one attached hydrogen (secondary N) is 2. The van der Waals surface area contributed by atoms with Gasteiger partial charge in [0.25, 0.3) is 5.91 Å². The molecule has 1 unspecified atom stereocenters. The van der Waals surface area contributed by atoms with Crippen molar-refractivity contribution in [2.45, 2.75) is 38.1 Å². The van der Waals surface area contributed by atoms with E-state index in [1.54, 1.807) is 0 Å². The van der Waals surface area contributed by atoms with E-state index in [4.69, 9.17) is 5.73 Å². The third-order valence-electron chi connectivity index (χ3n) is 4.86. The fourth-order valence-corrected chi connectivity index (χ4v) is 3.47. The Labute approximate surface area is 174 Å². The van der Waals surface area contributed by atoms with Crippen LogP contribution in [-0.2, 0) is 11.2 Å². The molecule has 29 heavy (non-hydrogen) atoms. The average Bonchev–Trinajstić information content (AvgIpc) is 2.65. The van der Waals surface area contributed by atoms with Crippen LogP contribution in [0, 0.1) is 11.6 Å². The minimum absolute atomic E-state index is 0. The lowest BCUT2D eigenvalue weighted by molar-refractivity contribution is -0.122. The summed E-state index contributed by atoms with van der Waals surface area (Å²) in [6, 6.07) is 8.52. The van der Waals surface area contributed by atoms with Crippen molar-refractivity contribution < 1.29 is 18.4 Å². The van der Waals surface area contributed by atoms with Gasteiger partial charge in [0.2, 0.25) is 5.91 Å². The number of halogens is 3. The van der Waals surface area contributed by atoms with Gasteiger partial charge < -0.3 is 16.4 Å². The highest BCUT2D eigenvalue weighted by molar-refractivity contribution is 5.94. The number of hydrogen-bond donors (Lipinski definition) is 3. The smallest absolute Gasteiger partial charge is 0.254 e. The van der Waals surface area contributed by atoms with Gasteiger partial charge in [-0.2, -0.15) is 0 Å². The fraction of sp³-hybridized carbons (Fsp3) is 0.333. The quantitative estimate of drug-likeness (QED) is 0.489. The van der Waals surface area contributed by atoms with Crippen LogP contribution in [0.15, 0.2) is 36.4 Å². The van der Waals surface area contributed by atoms with Gasteiger partial charge in [-0.15, -0.1) is 12.4 Å². The van der Waals surface area contributed by atoms with Crippen LogP contribution in [0.25, 0.3) is 0 Å². The Morgan fingerprint density at radius 1 is 1.14 bits per heavy atom. The third-order valence-corrected chi connectivity index (χ3v) is 4.86. The molecule has 0 spiro atoms. The van der Waals surface area contributed by atoms with Crippen LogP contribution in [0.1, 0.15) is 53.2 Å². The van der Waals surface area contributed by atoms with Crippen molar-refractivity contribution in [2.75, 3.05) is 12.3 Å². The third kappa shape index (κ3) is 5.90. The second-order valence-corrected chi connectivity index (χ2v) is 6.95. The molecule has 0 radical (unpaired) electrons. The van der Waals surface area contributed by atoms with E-state index in [1.807, 2.05) is 18.2 Å². The summed E-state index contributed by atoms with van der Waals surface area (Å²) in [7, 11) is 0. The highest BCUT2D eigenvalue weighted by atomic mass is 35.5. The summed E-state index contributed by atoms with van der Waals surface area (Å²) in [6.07, 6.45) is 3.48. The van der Waals surface area contributed by atoms with E-state index < -0.39 is 17.5 Å². The molecule has 3 rings (SSSR count). The molecule has 156 valence electrons. The number of nitrogen functional groups attached to an aromatic ring is 1. The molecule has 5 nitrogen and oxygen atoms in total. The number of carbonyl (C=O) groups is 2. The maximum Gasteiger partial charge on any atom is 0.254 e. The predicted molar refractivity (Wildman–Crippen MR) is 110 cm³/mol. The highest BCUT2D eigenvalue weighted by Gasteiger charge is 2.21. The molecule has 1 atom stereocenters. The van der Waals surface area contributed by atoms with Crippen LogP contribution in [0.5, 0.6) is 0 Å². The van der Waals surface area contributed by atoms with Gasteiger partial charge in [-0.05, 0) is 61.1 Å². The monoisotopic (exact) mass is 423 g/mol. The predicted octanol–water partition coefficient (Wildman–Crippen LogP) is 3.67. The lowest BCUT2D eigenvalue weighted by Gasteiger charge is -2.26. The number of hydrogen-bond acceptors (Lipinski definition) is 3. The minimum atomic E-state index is -0.910. The molecule has 0 aromatic heterocycles. The van der Waals surface area contributed by atoms with Gasteiger partial charge in [-0.25, -0.2) is 8.78 Å². The second-order valence-electron chi connectivity index (χ2n) is 6.95. The van der Waals surface area contributed by atoms with Gasteiger partial charge in [0.15, 0.2) is 0 Å². The maximum absolute atomic E-state index is 13.6. The Morgan fingerprint density at radius 3 is 2.69 bits per heavy atom. The van der Waals surface area contributed by atoms with E-state index in [2.05, 4.69) is 10.6 Å². The molecule has 2 amide bonds. The molecule has 1 aliphatic rings. The molecule has 1 aliphatic carbocycles. The minimum Gasteiger partial charge on any atom is -0.399 e. The number of nitrogens with two attached hydrogens (primary N) is 1. The van der Waals surface area contributed by atoms with Gasteiger partial charge in [-0.3, -0.25) is 9.59 Å². The molecule has 0 bridgehead atoms. The van der Waals surface area contributed by atoms with E-state index in [-0.39, 0.29) is 42.9 Å². The topological polar surface area (TPSA) is 84.2 Å². The van der Waals surface area contributed by atoms with Crippen LogP contribution in [0.4, 0.5) is 14.5 Å². The van der Waals surface area contributed by atoms with Crippen molar-refractivity contribution in [3.05, 3.63) is 64.7 Å². The van der Waals surface area contributed by atoms with Crippen LogP contribution in [0.2, 0.25) is 0 Å². The Hall–Kier alpha value is -2.67. The Kier molecular flexibility index (Phi) is 7.96. The molecule has 2 aromatic carbocycles. The standard InChI is InChI=1S/C21H23F2N3O2.ClH/c22-14-6-8-17(18(23)12-14)21(28)25-10-2-5-20(27)26-19-4-1-3-13-11-15(24)7-9-16(13)19;/h6-9,11-12,19H,1-5,10,24H2,(H,25,28)(H,26,27);1H. The van der Waals surface area contributed by atoms with Crippen LogP contribution >= 0.6 is 12.4 Å². The van der Waals surface area contributed by atoms with Crippen LogP contribution in [0.3, 0.4) is 0 Å². The number of anilines is 1. The van der Waals surface area contributed by atoms with Gasteiger partial charge in [0.1, 0.15) is 11.6 Å². The molecule has 8 heteroatoms. The average molecular weight is 424 g/mol. The first kappa shape index (κ1) is 22.6. The number of rotatable bonds is 6. The highest BCUT2D eigenvalue weighted by Crippen LogP contribution is 2.31. The van der Waals surface area contributed by atoms with Crippen molar-refractivity contribution in [1.29, 1.82) is 0 Å². The summed E-state index contributed by atoms with van der Waals surface area (Å²) in [6.45, 7) is 0.223. The molecule has 0 fully saturated rings. The van der Waals surface area contributed by atoms with E-state index in [9.17, 15) is 18.4 Å². The van der Waals surface area contributed by atoms with E-state index in [1.165, 1.54) is 5.56 Å². The van der Waals surface area contributed by atoms with Crippen molar-refractivity contribution in [1.82, 2.24) is 10.6 Å². The summed E-state index contributed by atoms with van der Waals surface area (Å²) in [5, 5.41) is 5.58. The zero-order valence-corrected chi connectivity index (χ0v) is 16.7. The largest absolute Gasteiger partial charge is 0.399 e. The summed E-state index contributed by atoms with van der Waals surface area (Å²) < 4.78 is 26.5. The maximum atomic E-state index is 13.6. The van der Waals surface area contributed by atoms with Gasteiger partial charge in [0, 0.05) is 24.7 Å². The van der Waals surface area contributed by atoms with Gasteiger partial charge >= 0.3 is 0 Å². The molecule has 0 aliphatic heterocycles. The van der Waals surface area contributed by atoms with Crippen molar-refractivity contribution in [3.8, 4) is 0 Å². The normalized spacial score (nSPS) is 15.0. The zero-order valence-electron chi connectivity index (χ0n) is 15.8. The molecule has 4 N–H and O–H groups in total. The lowest BCUT2D eigenvalue weighted by Crippen LogP contribution is -2.32. The van der Waals surface area contributed by atoms with Crippen molar-refractivity contribution >= 4 is 29.9 Å². The summed E-state index contributed by atoms with van der Waals surface area (Å²) >= 11 is 0. The Morgan fingerprint density at radius 2 is 1.93 bits per heavy atom. The first-order valence-corrected chi connectivity index (χ1v) is 9.35. The lowest BCUT2D eigenvalue weighted by atomic mass is 9.87. The summed E-state index contributed by atoms with van der Waals surface area (Å²) in [5.74, 6) is -2.38. The SMILES string of the molecule is Cl.Nc1ccc2c(c1)CCCC2NC(=O)CCCNC(=O)c1ccc(F)cc1F. The van der Waals surface area contributed by atoms with E-state index in [0.717, 1.165) is 42.6 Å². The fourth-order valence-electron chi connectivity index (χ4n) is 3.47. The molecule has 2 aromatic rings. The first-order valence-electron chi connectivity index (χ1n) is 9.35. The number of amides is 2. The number of fused-ring (bicyclic) bond motifs is 1. The van der Waals surface area contributed by atoms with E-state index in [0.29, 0.717) is 12.5 Å². The second kappa shape index (κ2) is 10.2. The Balaban J connectivity index is 0.00000300. The van der Waals surface area contributed by atoms with Gasteiger partial charge in [0.05, 0.1) is 11.6 Å². The summed E-state index contributed by atoms with van der Waals surface area (Å²) in [4.78, 5) is 24.2. The van der Waals surface area contributed by atoms with Crippen molar-refractivity contribution in [2.24, 2.45) is 0 Å².